The van der Waals surface area contributed by atoms with Crippen molar-refractivity contribution in [2.24, 2.45) is 0 Å². The normalized spacial score (nSPS) is 14.7. The number of nitrogens with zero attached hydrogens (tertiary/aromatic N) is 4. The molecule has 660 valence electrons. The molecule has 0 N–H and O–H groups in total. The molecule has 0 saturated heterocycles. The molecule has 0 radical (unpaired) electrons. The summed E-state index contributed by atoms with van der Waals surface area (Å²) in [5.41, 5.74) is 40.4. The van der Waals surface area contributed by atoms with Crippen LogP contribution in [0, 0.1) is 0 Å². The van der Waals surface area contributed by atoms with Gasteiger partial charge in [-0.2, -0.15) is 0 Å². The molecular formula is C124H141BN4. The van der Waals surface area contributed by atoms with Crippen molar-refractivity contribution < 1.29 is 0 Å². The fourth-order valence-corrected chi connectivity index (χ4v) is 20.9. The van der Waals surface area contributed by atoms with Crippen molar-refractivity contribution in [3.05, 3.63) is 304 Å². The van der Waals surface area contributed by atoms with Gasteiger partial charge in [0, 0.05) is 77.9 Å². The molecule has 0 amide bonds. The summed E-state index contributed by atoms with van der Waals surface area (Å²) in [6.45, 7) is 72.4. The summed E-state index contributed by atoms with van der Waals surface area (Å²) in [6.07, 6.45) is 5.79. The molecule has 4 heterocycles. The lowest BCUT2D eigenvalue weighted by Gasteiger charge is -2.47. The fourth-order valence-electron chi connectivity index (χ4n) is 20.9. The molecule has 5 heteroatoms. The highest BCUT2D eigenvalue weighted by molar-refractivity contribution is 7.00. The third-order valence-corrected chi connectivity index (χ3v) is 29.1. The Kier molecular flexibility index (Phi) is 21.3. The minimum atomic E-state index is -0.282. The second-order valence-corrected chi connectivity index (χ2v) is 49.2. The van der Waals surface area contributed by atoms with Crippen LogP contribution < -0.4 is 26.2 Å². The minimum Gasteiger partial charge on any atom is -0.310 e. The van der Waals surface area contributed by atoms with Crippen LogP contribution in [0.3, 0.4) is 0 Å². The van der Waals surface area contributed by atoms with E-state index in [1.54, 1.807) is 0 Å². The maximum Gasteiger partial charge on any atom is 0.252 e. The molecule has 0 bridgehead atoms. The topological polar surface area (TPSA) is 16.3 Å². The minimum absolute atomic E-state index is 0.190. The molecule has 0 spiro atoms. The maximum absolute atomic E-state index is 2.91. The van der Waals surface area contributed by atoms with Gasteiger partial charge in [0.05, 0.1) is 33.4 Å². The number of aromatic nitrogens is 2. The second-order valence-electron chi connectivity index (χ2n) is 49.2. The predicted molar refractivity (Wildman–Crippen MR) is 564 cm³/mol. The van der Waals surface area contributed by atoms with Crippen molar-refractivity contribution in [2.75, 3.05) is 9.80 Å². The summed E-state index contributed by atoms with van der Waals surface area (Å²) >= 11 is 0. The average Bonchev–Trinajstić information content (AvgIpc) is 1.26. The van der Waals surface area contributed by atoms with Crippen LogP contribution in [0.5, 0.6) is 0 Å². The highest BCUT2D eigenvalue weighted by Crippen LogP contribution is 2.58. The second kappa shape index (κ2) is 30.9. The Morgan fingerprint density at radius 1 is 0.233 bits per heavy atom. The zero-order valence-corrected chi connectivity index (χ0v) is 83.6. The molecule has 3 aliphatic rings. The molecule has 129 heavy (non-hydrogen) atoms. The Labute approximate surface area is 774 Å². The van der Waals surface area contributed by atoms with E-state index in [1.165, 1.54) is 219 Å². The molecule has 2 aliphatic heterocycles. The van der Waals surface area contributed by atoms with Crippen molar-refractivity contribution >= 4 is 101 Å². The molecule has 4 nitrogen and oxygen atoms in total. The van der Waals surface area contributed by atoms with Crippen LogP contribution in [-0.4, -0.2) is 15.8 Å². The first-order valence-electron chi connectivity index (χ1n) is 48.3. The summed E-state index contributed by atoms with van der Waals surface area (Å²) in [6, 6.07) is 99.1. The number of para-hydroxylation sites is 4. The van der Waals surface area contributed by atoms with Crippen LogP contribution in [0.15, 0.2) is 243 Å². The lowest BCUT2D eigenvalue weighted by Crippen LogP contribution is -2.61. The molecule has 0 unspecified atom stereocenters. The van der Waals surface area contributed by atoms with Crippen molar-refractivity contribution in [3.8, 4) is 55.9 Å². The van der Waals surface area contributed by atoms with Crippen LogP contribution in [0.2, 0.25) is 0 Å². The van der Waals surface area contributed by atoms with E-state index in [-0.39, 0.29) is 66.8 Å². The Hall–Kier alpha value is -10.9. The van der Waals surface area contributed by atoms with E-state index in [2.05, 4.69) is 469 Å². The first kappa shape index (κ1) is 88.8. The van der Waals surface area contributed by atoms with Gasteiger partial charge in [-0.05, 0) is 258 Å². The molecule has 1 aliphatic carbocycles. The zero-order valence-electron chi connectivity index (χ0n) is 83.6. The van der Waals surface area contributed by atoms with Gasteiger partial charge in [0.15, 0.2) is 0 Å². The highest BCUT2D eigenvalue weighted by Gasteiger charge is 2.48. The summed E-state index contributed by atoms with van der Waals surface area (Å²) in [4.78, 5) is 5.83. The van der Waals surface area contributed by atoms with E-state index in [9.17, 15) is 0 Å². The van der Waals surface area contributed by atoms with Gasteiger partial charge in [-0.3, -0.25) is 0 Å². The summed E-state index contributed by atoms with van der Waals surface area (Å²) in [7, 11) is 0. The SMILES string of the molecule is CC(C)(C)c1cc(-c2cc(C(C)(C)C)cc(-c3cc(C(C)(C)C)cc(C(C)(C)C)c3)c2N2c3cc(-n4c5ccccc5c5ccccc54)ccc3B3c4ccc(-n5c6ccccc6c6ccccc65)cc4N(c4c(-c5cc(C(C)(C)C)cc(C(C)(C)C)c5)cc(C(C)(C)C)cc4-c4cc(C(C)(C)C)cc(C(C)(C)C)c4)c4cc(C5CCCCC5)cc2c43)cc(C(C)(C)C)c1. The molecule has 1 fully saturated rings. The Morgan fingerprint density at radius 2 is 0.465 bits per heavy atom. The van der Waals surface area contributed by atoms with Crippen molar-refractivity contribution in [1.29, 1.82) is 0 Å². The molecule has 18 rings (SSSR count). The monoisotopic (exact) mass is 1700 g/mol. The van der Waals surface area contributed by atoms with Crippen LogP contribution in [-0.2, 0) is 54.1 Å². The summed E-state index contributed by atoms with van der Waals surface area (Å²) in [5, 5.41) is 4.97. The highest BCUT2D eigenvalue weighted by atomic mass is 15.2. The average molecular weight is 1700 g/mol. The standard InChI is InChI=1S/C124H141BN4/c1-115(2,3)82-56-78(57-83(66-82)116(4,5)6)98-70-90(123(25,26)27)71-99(79-58-84(117(7,8)9)67-85(59-79)118(10,11)12)113(98)128-108-74-92(126-104-48-38-34-44-94(104)95-45-35-39-49-105(95)126)52-54-102(108)125-103-55-53-93(127-106-50-40-36-46-96(106)97-47-37-41-51-107(97)127)75-109(103)129(111-65-77(64-110(128)112(111)125)76-42-32-31-33-43-76)114-100(80-60-86(119(13,14)15)68-87(61-80)120(16,17)18)72-91(124(28,29)30)73-101(114)81-62-88(121(19,20)21)69-89(63-81)122(22,23)24/h34-41,44-76H,31-33,42-43H2,1-30H3. The first-order chi connectivity index (χ1) is 60.3. The van der Waals surface area contributed by atoms with Gasteiger partial charge in [-0.25, -0.2) is 0 Å². The molecule has 1 saturated carbocycles. The van der Waals surface area contributed by atoms with Gasteiger partial charge < -0.3 is 18.9 Å². The molecule has 0 atom stereocenters. The van der Waals surface area contributed by atoms with E-state index in [0.717, 1.165) is 24.2 Å². The third-order valence-electron chi connectivity index (χ3n) is 29.1. The predicted octanol–water partition coefficient (Wildman–Crippen LogP) is 33.7. The molecule has 13 aromatic carbocycles. The van der Waals surface area contributed by atoms with Crippen LogP contribution in [0.25, 0.3) is 99.5 Å². The van der Waals surface area contributed by atoms with Gasteiger partial charge >= 0.3 is 0 Å². The molecular weight excluding hydrogens is 1560 g/mol. The van der Waals surface area contributed by atoms with Crippen LogP contribution in [0.1, 0.15) is 307 Å². The fraction of sp³-hybridized carbons (Fsp3) is 0.371. The van der Waals surface area contributed by atoms with E-state index in [0.29, 0.717) is 0 Å². The number of rotatable bonds is 9. The van der Waals surface area contributed by atoms with Crippen molar-refractivity contribution in [1.82, 2.24) is 9.13 Å². The molecule has 15 aromatic rings. The number of hydrogen-bond donors (Lipinski definition) is 0. The largest absolute Gasteiger partial charge is 0.310 e. The van der Waals surface area contributed by atoms with E-state index in [4.69, 9.17) is 0 Å². The van der Waals surface area contributed by atoms with Crippen LogP contribution in [0.4, 0.5) is 34.1 Å². The van der Waals surface area contributed by atoms with Gasteiger partial charge in [0.2, 0.25) is 0 Å². The lowest BCUT2D eigenvalue weighted by molar-refractivity contribution is 0.444. The third kappa shape index (κ3) is 16.0. The maximum atomic E-state index is 2.91. The van der Waals surface area contributed by atoms with E-state index >= 15 is 0 Å². The summed E-state index contributed by atoms with van der Waals surface area (Å²) < 4.78 is 5.16. The summed E-state index contributed by atoms with van der Waals surface area (Å²) in [5.74, 6) is 0.272. The number of fused-ring (bicyclic) bond motifs is 10. The van der Waals surface area contributed by atoms with Crippen molar-refractivity contribution in [3.63, 3.8) is 0 Å². The first-order valence-corrected chi connectivity index (χ1v) is 48.3. The zero-order chi connectivity index (χ0) is 92.2. The van der Waals surface area contributed by atoms with Gasteiger partial charge in [-0.15, -0.1) is 0 Å². The molecule has 2 aromatic heterocycles. The van der Waals surface area contributed by atoms with Gasteiger partial charge in [0.1, 0.15) is 0 Å². The Morgan fingerprint density at radius 3 is 0.705 bits per heavy atom. The van der Waals surface area contributed by atoms with Crippen molar-refractivity contribution in [2.45, 2.75) is 300 Å². The van der Waals surface area contributed by atoms with Crippen LogP contribution >= 0.6 is 0 Å². The quantitative estimate of drug-likeness (QED) is 0.134. The van der Waals surface area contributed by atoms with E-state index < -0.39 is 0 Å². The Bertz CT molecular complexity index is 6160. The van der Waals surface area contributed by atoms with Gasteiger partial charge in [-0.1, -0.05) is 385 Å². The number of hydrogen-bond acceptors (Lipinski definition) is 2. The smallest absolute Gasteiger partial charge is 0.252 e. The Balaban J connectivity index is 1.11. The van der Waals surface area contributed by atoms with E-state index in [1.807, 2.05) is 0 Å². The number of benzene rings is 13. The number of anilines is 6. The lowest BCUT2D eigenvalue weighted by atomic mass is 9.33. The van der Waals surface area contributed by atoms with Gasteiger partial charge in [0.25, 0.3) is 6.71 Å².